The van der Waals surface area contributed by atoms with Gasteiger partial charge >= 0.3 is 0 Å². The molecule has 2 N–H and O–H groups in total. The zero-order valence-electron chi connectivity index (χ0n) is 11.6. The van der Waals surface area contributed by atoms with Crippen LogP contribution in [0.3, 0.4) is 0 Å². The van der Waals surface area contributed by atoms with Crippen molar-refractivity contribution in [3.63, 3.8) is 0 Å². The van der Waals surface area contributed by atoms with Crippen molar-refractivity contribution < 1.29 is 4.79 Å². The molecule has 3 rings (SSSR count). The van der Waals surface area contributed by atoms with Crippen molar-refractivity contribution in [2.75, 3.05) is 17.2 Å². The third-order valence-corrected chi connectivity index (χ3v) is 3.85. The van der Waals surface area contributed by atoms with Crippen molar-refractivity contribution in [2.24, 2.45) is 0 Å². The molecular weight excluding hydrogens is 248 g/mol. The zero-order chi connectivity index (χ0) is 14.1. The first kappa shape index (κ1) is 12.7. The fourth-order valence-electron chi connectivity index (χ4n) is 2.67. The summed E-state index contributed by atoms with van der Waals surface area (Å²) in [5.41, 5.74) is 10.7. The Morgan fingerprint density at radius 3 is 2.65 bits per heavy atom. The Morgan fingerprint density at radius 1 is 1.20 bits per heavy atom. The van der Waals surface area contributed by atoms with Crippen molar-refractivity contribution in [3.8, 4) is 0 Å². The summed E-state index contributed by atoms with van der Waals surface area (Å²) in [6.07, 6.45) is 1.86. The lowest BCUT2D eigenvalue weighted by Crippen LogP contribution is -2.28. The lowest BCUT2D eigenvalue weighted by atomic mass is 10.1. The largest absolute Gasteiger partial charge is 0.399 e. The van der Waals surface area contributed by atoms with Crippen LogP contribution >= 0.6 is 0 Å². The highest BCUT2D eigenvalue weighted by molar-refractivity contribution is 6.07. The fourth-order valence-corrected chi connectivity index (χ4v) is 2.67. The minimum atomic E-state index is 0.0659. The van der Waals surface area contributed by atoms with E-state index in [-0.39, 0.29) is 5.91 Å². The van der Waals surface area contributed by atoms with E-state index in [0.29, 0.717) is 0 Å². The molecule has 0 bridgehead atoms. The average molecular weight is 266 g/mol. The summed E-state index contributed by atoms with van der Waals surface area (Å²) in [6.45, 7) is 2.84. The van der Waals surface area contributed by atoms with E-state index in [4.69, 9.17) is 5.73 Å². The SMILES string of the molecule is CCc1ccc(C(=O)N2CCc3cc(N)ccc32)cc1. The van der Waals surface area contributed by atoms with Crippen LogP contribution in [0.1, 0.15) is 28.4 Å². The van der Waals surface area contributed by atoms with Crippen LogP contribution in [0.25, 0.3) is 0 Å². The number of amides is 1. The van der Waals surface area contributed by atoms with Crippen molar-refractivity contribution in [2.45, 2.75) is 19.8 Å². The van der Waals surface area contributed by atoms with E-state index in [1.807, 2.05) is 47.4 Å². The summed E-state index contributed by atoms with van der Waals surface area (Å²) in [7, 11) is 0. The van der Waals surface area contributed by atoms with Crippen molar-refractivity contribution in [1.82, 2.24) is 0 Å². The Bertz CT molecular complexity index is 647. The molecule has 2 aromatic carbocycles. The molecular formula is C17H18N2O. The molecule has 0 aromatic heterocycles. The van der Waals surface area contributed by atoms with E-state index in [1.165, 1.54) is 5.56 Å². The summed E-state index contributed by atoms with van der Waals surface area (Å²) in [5.74, 6) is 0.0659. The molecule has 3 nitrogen and oxygen atoms in total. The van der Waals surface area contributed by atoms with Gasteiger partial charge in [-0.15, -0.1) is 0 Å². The molecule has 102 valence electrons. The number of nitrogens with two attached hydrogens (primary N) is 1. The second-order valence-electron chi connectivity index (χ2n) is 5.15. The van der Waals surface area contributed by atoms with E-state index in [9.17, 15) is 4.79 Å². The molecule has 0 saturated heterocycles. The Kier molecular flexibility index (Phi) is 3.18. The van der Waals surface area contributed by atoms with Crippen LogP contribution in [0.5, 0.6) is 0 Å². The Balaban J connectivity index is 1.89. The molecule has 0 atom stereocenters. The number of anilines is 2. The van der Waals surface area contributed by atoms with Gasteiger partial charge in [0.05, 0.1) is 0 Å². The van der Waals surface area contributed by atoms with Gasteiger partial charge in [0, 0.05) is 23.5 Å². The topological polar surface area (TPSA) is 46.3 Å². The Morgan fingerprint density at radius 2 is 1.95 bits per heavy atom. The molecule has 0 aliphatic carbocycles. The number of fused-ring (bicyclic) bond motifs is 1. The number of carbonyl (C=O) groups is 1. The summed E-state index contributed by atoms with van der Waals surface area (Å²) < 4.78 is 0. The molecule has 2 aromatic rings. The molecule has 0 saturated carbocycles. The number of benzene rings is 2. The van der Waals surface area contributed by atoms with E-state index < -0.39 is 0 Å². The Labute approximate surface area is 119 Å². The number of hydrogen-bond acceptors (Lipinski definition) is 2. The standard InChI is InChI=1S/C17H18N2O/c1-2-12-3-5-13(6-4-12)17(20)19-10-9-14-11-15(18)7-8-16(14)19/h3-8,11H,2,9-10,18H2,1H3. The highest BCUT2D eigenvalue weighted by Gasteiger charge is 2.25. The predicted molar refractivity (Wildman–Crippen MR) is 82.1 cm³/mol. The molecule has 0 radical (unpaired) electrons. The third-order valence-electron chi connectivity index (χ3n) is 3.85. The van der Waals surface area contributed by atoms with Crippen LogP contribution in [-0.2, 0) is 12.8 Å². The summed E-state index contributed by atoms with van der Waals surface area (Å²) >= 11 is 0. The maximum absolute atomic E-state index is 12.6. The molecule has 1 aliphatic rings. The van der Waals surface area contributed by atoms with Crippen molar-refractivity contribution >= 4 is 17.3 Å². The van der Waals surface area contributed by atoms with Gasteiger partial charge in [0.2, 0.25) is 0 Å². The van der Waals surface area contributed by atoms with Gasteiger partial charge in [0.25, 0.3) is 5.91 Å². The first-order valence-corrected chi connectivity index (χ1v) is 6.98. The maximum Gasteiger partial charge on any atom is 0.258 e. The highest BCUT2D eigenvalue weighted by atomic mass is 16.2. The van der Waals surface area contributed by atoms with Gasteiger partial charge in [-0.2, -0.15) is 0 Å². The average Bonchev–Trinajstić information content (AvgIpc) is 2.89. The number of carbonyl (C=O) groups excluding carboxylic acids is 1. The van der Waals surface area contributed by atoms with E-state index >= 15 is 0 Å². The van der Waals surface area contributed by atoms with E-state index in [0.717, 1.165) is 41.9 Å². The van der Waals surface area contributed by atoms with Gasteiger partial charge in [-0.3, -0.25) is 4.79 Å². The molecule has 1 amide bonds. The normalized spacial score (nSPS) is 13.3. The first-order chi connectivity index (χ1) is 9.69. The zero-order valence-corrected chi connectivity index (χ0v) is 11.6. The van der Waals surface area contributed by atoms with Gasteiger partial charge in [-0.25, -0.2) is 0 Å². The van der Waals surface area contributed by atoms with Gasteiger partial charge < -0.3 is 10.6 Å². The van der Waals surface area contributed by atoms with Crippen LogP contribution in [-0.4, -0.2) is 12.5 Å². The lowest BCUT2D eigenvalue weighted by Gasteiger charge is -2.17. The molecule has 0 spiro atoms. The van der Waals surface area contributed by atoms with Crippen LogP contribution in [0.15, 0.2) is 42.5 Å². The van der Waals surface area contributed by atoms with Crippen molar-refractivity contribution in [1.29, 1.82) is 0 Å². The Hall–Kier alpha value is -2.29. The summed E-state index contributed by atoms with van der Waals surface area (Å²) in [5, 5.41) is 0. The van der Waals surface area contributed by atoms with Gasteiger partial charge in [-0.1, -0.05) is 19.1 Å². The summed E-state index contributed by atoms with van der Waals surface area (Å²) in [4.78, 5) is 14.4. The highest BCUT2D eigenvalue weighted by Crippen LogP contribution is 2.30. The number of hydrogen-bond donors (Lipinski definition) is 1. The third kappa shape index (κ3) is 2.16. The van der Waals surface area contributed by atoms with Crippen LogP contribution in [0.2, 0.25) is 0 Å². The first-order valence-electron chi connectivity index (χ1n) is 6.98. The quantitative estimate of drug-likeness (QED) is 0.849. The molecule has 3 heteroatoms. The molecule has 20 heavy (non-hydrogen) atoms. The van der Waals surface area contributed by atoms with Gasteiger partial charge in [0.15, 0.2) is 0 Å². The molecule has 1 aliphatic heterocycles. The van der Waals surface area contributed by atoms with Crippen LogP contribution < -0.4 is 10.6 Å². The maximum atomic E-state index is 12.6. The number of aryl methyl sites for hydroxylation is 1. The lowest BCUT2D eigenvalue weighted by molar-refractivity contribution is 0.0989. The number of rotatable bonds is 2. The minimum Gasteiger partial charge on any atom is -0.399 e. The minimum absolute atomic E-state index is 0.0659. The second-order valence-corrected chi connectivity index (χ2v) is 5.15. The van der Waals surface area contributed by atoms with Gasteiger partial charge in [0.1, 0.15) is 0 Å². The van der Waals surface area contributed by atoms with Crippen LogP contribution in [0, 0.1) is 0 Å². The predicted octanol–water partition coefficient (Wildman–Crippen LogP) is 3.03. The number of nitrogens with zero attached hydrogens (tertiary/aromatic N) is 1. The molecule has 1 heterocycles. The van der Waals surface area contributed by atoms with E-state index in [2.05, 4.69) is 6.92 Å². The van der Waals surface area contributed by atoms with Gasteiger partial charge in [-0.05, 0) is 54.3 Å². The van der Waals surface area contributed by atoms with Crippen LogP contribution in [0.4, 0.5) is 11.4 Å². The monoisotopic (exact) mass is 266 g/mol. The molecule has 0 fully saturated rings. The smallest absolute Gasteiger partial charge is 0.258 e. The summed E-state index contributed by atoms with van der Waals surface area (Å²) in [6, 6.07) is 13.6. The van der Waals surface area contributed by atoms with E-state index in [1.54, 1.807) is 0 Å². The molecule has 0 unspecified atom stereocenters. The number of nitrogen functional groups attached to an aromatic ring is 1. The second kappa shape index (κ2) is 5.00. The van der Waals surface area contributed by atoms with Crippen molar-refractivity contribution in [3.05, 3.63) is 59.2 Å². The fraction of sp³-hybridized carbons (Fsp3) is 0.235.